The molecule has 0 aliphatic heterocycles. The van der Waals surface area contributed by atoms with Gasteiger partial charge >= 0.3 is 12.2 Å². The van der Waals surface area contributed by atoms with Gasteiger partial charge in [0.05, 0.1) is 25.6 Å². The Balaban J connectivity index is 1.74. The highest BCUT2D eigenvalue weighted by Gasteiger charge is 2.26. The van der Waals surface area contributed by atoms with E-state index in [1.54, 1.807) is 0 Å². The van der Waals surface area contributed by atoms with Gasteiger partial charge < -0.3 is 9.47 Å². The number of aromatic nitrogens is 2. The van der Waals surface area contributed by atoms with Gasteiger partial charge in [-0.3, -0.25) is 15.4 Å². The number of carbonyl (C=O) groups is 3. The quantitative estimate of drug-likeness (QED) is 0.299. The third-order valence-corrected chi connectivity index (χ3v) is 7.05. The molecule has 2 aromatic carbocycles. The summed E-state index contributed by atoms with van der Waals surface area (Å²) in [6.45, 7) is 0. The largest absolute Gasteiger partial charge is 0.453 e. The molecule has 0 radical (unpaired) electrons. The van der Waals surface area contributed by atoms with Crippen molar-refractivity contribution in [1.29, 1.82) is 0 Å². The molecule has 0 saturated carbocycles. The normalized spacial score (nSPS) is 10.5. The number of anilines is 2. The molecule has 0 bridgehead atoms. The molecular weight excluding hydrogens is 500 g/mol. The molecular formula is C25H22N4O5S2. The predicted octanol–water partition coefficient (Wildman–Crippen LogP) is 5.37. The number of ketones is 1. The number of methoxy groups -OCH3 is 2. The molecule has 11 heteroatoms. The van der Waals surface area contributed by atoms with Gasteiger partial charge in [0.15, 0.2) is 10.3 Å². The van der Waals surface area contributed by atoms with Crippen LogP contribution in [0.15, 0.2) is 60.7 Å². The Bertz CT molecular complexity index is 1270. The molecule has 0 spiro atoms. The second-order valence-electron chi connectivity index (χ2n) is 7.48. The van der Waals surface area contributed by atoms with E-state index in [4.69, 9.17) is 0 Å². The molecule has 9 nitrogen and oxygen atoms in total. The first-order valence-electron chi connectivity index (χ1n) is 10.8. The molecule has 2 heterocycles. The van der Waals surface area contributed by atoms with Crippen LogP contribution in [0.5, 0.6) is 0 Å². The van der Waals surface area contributed by atoms with E-state index < -0.39 is 12.2 Å². The maximum Gasteiger partial charge on any atom is 0.413 e. The molecule has 36 heavy (non-hydrogen) atoms. The summed E-state index contributed by atoms with van der Waals surface area (Å²) in [5.74, 6) is -0.294. The lowest BCUT2D eigenvalue weighted by molar-refractivity contribution is 0.104. The zero-order chi connectivity index (χ0) is 25.5. The second-order valence-corrected chi connectivity index (χ2v) is 9.47. The summed E-state index contributed by atoms with van der Waals surface area (Å²) >= 11 is 2.12. The summed E-state index contributed by atoms with van der Waals surface area (Å²) in [5, 5.41) is 5.59. The van der Waals surface area contributed by atoms with E-state index in [0.29, 0.717) is 34.0 Å². The lowest BCUT2D eigenvalue weighted by Crippen LogP contribution is -2.10. The second kappa shape index (κ2) is 11.6. The number of thiazole rings is 2. The number of hydrogen-bond acceptors (Lipinski definition) is 9. The van der Waals surface area contributed by atoms with Gasteiger partial charge in [0.25, 0.3) is 0 Å². The van der Waals surface area contributed by atoms with Crippen LogP contribution >= 0.6 is 22.7 Å². The van der Waals surface area contributed by atoms with Crippen molar-refractivity contribution in [2.45, 2.75) is 12.8 Å². The van der Waals surface area contributed by atoms with Crippen molar-refractivity contribution < 1.29 is 23.9 Å². The van der Waals surface area contributed by atoms with Crippen molar-refractivity contribution in [2.75, 3.05) is 24.9 Å². The summed E-state index contributed by atoms with van der Waals surface area (Å²) in [4.78, 5) is 47.2. The van der Waals surface area contributed by atoms with Crippen molar-refractivity contribution in [3.05, 3.63) is 92.9 Å². The number of ether oxygens (including phenoxy) is 2. The van der Waals surface area contributed by atoms with Crippen LogP contribution in [0.4, 0.5) is 19.9 Å². The third kappa shape index (κ3) is 6.12. The van der Waals surface area contributed by atoms with E-state index in [1.165, 1.54) is 14.2 Å². The number of rotatable bonds is 8. The molecule has 0 aliphatic carbocycles. The SMILES string of the molecule is COC(=O)Nc1nc(Cc2ccccc2)c(C(=O)c2sc(NC(=O)OC)nc2Cc2ccccc2)s1. The van der Waals surface area contributed by atoms with Crippen molar-refractivity contribution in [2.24, 2.45) is 0 Å². The number of nitrogens with one attached hydrogen (secondary N) is 2. The number of hydrogen-bond donors (Lipinski definition) is 2. The molecule has 2 aromatic heterocycles. The Hall–Kier alpha value is -4.09. The van der Waals surface area contributed by atoms with E-state index in [0.717, 1.165) is 33.8 Å². The Morgan fingerprint density at radius 1 is 0.694 bits per heavy atom. The molecule has 4 rings (SSSR count). The maximum absolute atomic E-state index is 13.9. The molecule has 4 aromatic rings. The minimum atomic E-state index is -0.680. The number of carbonyl (C=O) groups excluding carboxylic acids is 3. The van der Waals surface area contributed by atoms with Crippen molar-refractivity contribution in [3.63, 3.8) is 0 Å². The molecule has 0 atom stereocenters. The van der Waals surface area contributed by atoms with Gasteiger partial charge in [0.2, 0.25) is 5.78 Å². The number of nitrogens with zero attached hydrogens (tertiary/aromatic N) is 2. The highest BCUT2D eigenvalue weighted by atomic mass is 32.1. The van der Waals surface area contributed by atoms with Gasteiger partial charge in [-0.1, -0.05) is 83.3 Å². The topological polar surface area (TPSA) is 120 Å². The van der Waals surface area contributed by atoms with Crippen LogP contribution in [0.2, 0.25) is 0 Å². The molecule has 0 unspecified atom stereocenters. The predicted molar refractivity (Wildman–Crippen MR) is 138 cm³/mol. The van der Waals surface area contributed by atoms with E-state index in [9.17, 15) is 14.4 Å². The Labute approximate surface area is 215 Å². The maximum atomic E-state index is 13.9. The van der Waals surface area contributed by atoms with Crippen LogP contribution in [0, 0.1) is 0 Å². The lowest BCUT2D eigenvalue weighted by atomic mass is 10.1. The summed E-state index contributed by atoms with van der Waals surface area (Å²) in [6.07, 6.45) is -0.579. The minimum Gasteiger partial charge on any atom is -0.453 e. The smallest absolute Gasteiger partial charge is 0.413 e. The van der Waals surface area contributed by atoms with Gasteiger partial charge in [-0.2, -0.15) is 0 Å². The zero-order valence-electron chi connectivity index (χ0n) is 19.4. The summed E-state index contributed by atoms with van der Waals surface area (Å²) in [5.41, 5.74) is 2.96. The molecule has 2 N–H and O–H groups in total. The van der Waals surface area contributed by atoms with E-state index in [2.05, 4.69) is 30.1 Å². The van der Waals surface area contributed by atoms with Gasteiger partial charge in [0, 0.05) is 12.8 Å². The number of benzene rings is 2. The lowest BCUT2D eigenvalue weighted by Gasteiger charge is -2.04. The first kappa shape index (κ1) is 25.0. The zero-order valence-corrected chi connectivity index (χ0v) is 21.1. The standard InChI is InChI=1S/C25H22N4O5S2/c1-33-24(31)28-22-26-17(13-15-9-5-3-6-10-15)20(35-22)19(30)21-18(14-16-11-7-4-8-12-16)27-23(36-21)29-25(32)34-2/h3-12H,13-14H2,1-2H3,(H,26,28,31)(H,27,29,32). The van der Waals surface area contributed by atoms with Crippen LogP contribution in [-0.2, 0) is 22.3 Å². The molecule has 184 valence electrons. The van der Waals surface area contributed by atoms with Crippen molar-refractivity contribution in [3.8, 4) is 0 Å². The fourth-order valence-corrected chi connectivity index (χ4v) is 5.26. The van der Waals surface area contributed by atoms with Crippen LogP contribution < -0.4 is 10.6 Å². The van der Waals surface area contributed by atoms with Crippen LogP contribution in [0.25, 0.3) is 0 Å². The van der Waals surface area contributed by atoms with Crippen LogP contribution in [-0.4, -0.2) is 42.2 Å². The Morgan fingerprint density at radius 3 is 1.44 bits per heavy atom. The monoisotopic (exact) mass is 522 g/mol. The molecule has 0 fully saturated rings. The minimum absolute atomic E-state index is 0.248. The van der Waals surface area contributed by atoms with E-state index >= 15 is 0 Å². The van der Waals surface area contributed by atoms with E-state index in [-0.39, 0.29) is 16.0 Å². The first-order chi connectivity index (χ1) is 17.5. The summed E-state index contributed by atoms with van der Waals surface area (Å²) in [7, 11) is 2.51. The van der Waals surface area contributed by atoms with Gasteiger partial charge in [-0.25, -0.2) is 19.6 Å². The first-order valence-corrected chi connectivity index (χ1v) is 12.4. The fourth-order valence-electron chi connectivity index (χ4n) is 3.36. The average Bonchev–Trinajstić information content (AvgIpc) is 3.47. The average molecular weight is 523 g/mol. The van der Waals surface area contributed by atoms with Gasteiger partial charge in [-0.15, -0.1) is 0 Å². The molecule has 0 saturated heterocycles. The van der Waals surface area contributed by atoms with E-state index in [1.807, 2.05) is 60.7 Å². The Kier molecular flexibility index (Phi) is 8.03. The highest BCUT2D eigenvalue weighted by molar-refractivity contribution is 7.21. The fraction of sp³-hybridized carbons (Fsp3) is 0.160. The van der Waals surface area contributed by atoms with Crippen molar-refractivity contribution >= 4 is 50.9 Å². The molecule has 0 aliphatic rings. The summed E-state index contributed by atoms with van der Waals surface area (Å²) in [6, 6.07) is 19.2. The molecule has 2 amide bonds. The summed E-state index contributed by atoms with van der Waals surface area (Å²) < 4.78 is 9.35. The van der Waals surface area contributed by atoms with Gasteiger partial charge in [0.1, 0.15) is 9.75 Å². The third-order valence-electron chi connectivity index (χ3n) is 5.02. The number of amides is 2. The van der Waals surface area contributed by atoms with Crippen molar-refractivity contribution in [1.82, 2.24) is 9.97 Å². The Morgan fingerprint density at radius 2 is 1.08 bits per heavy atom. The van der Waals surface area contributed by atoms with Crippen LogP contribution in [0.3, 0.4) is 0 Å². The highest BCUT2D eigenvalue weighted by Crippen LogP contribution is 2.33. The van der Waals surface area contributed by atoms with Gasteiger partial charge in [-0.05, 0) is 11.1 Å². The van der Waals surface area contributed by atoms with Crippen LogP contribution in [0.1, 0.15) is 37.1 Å².